The summed E-state index contributed by atoms with van der Waals surface area (Å²) in [6, 6.07) is 14.2. The normalized spacial score (nSPS) is 14.0. The Morgan fingerprint density at radius 1 is 1.16 bits per heavy atom. The molecule has 1 aromatic heterocycles. The zero-order valence-corrected chi connectivity index (χ0v) is 17.2. The first-order valence-corrected chi connectivity index (χ1v) is 10.2. The standard InChI is InChI=1S/C23H25N3O5/c1-15(26-23(24)27)13-29-21-12-25-22(31-21)17-7-9-18(10-8-17)30-20-4-2-3-19(11-20)28-14-16-5-6-16/h2-4,7-12,15-16H,5-6,13-14H2,1H3,(H3,24,26,27). The van der Waals surface area contributed by atoms with Gasteiger partial charge in [0.15, 0.2) is 0 Å². The number of hydrogen-bond donors (Lipinski definition) is 2. The van der Waals surface area contributed by atoms with E-state index in [1.807, 2.05) is 48.5 Å². The first kappa shape index (κ1) is 20.6. The third-order valence-corrected chi connectivity index (χ3v) is 4.67. The number of urea groups is 1. The lowest BCUT2D eigenvalue weighted by Gasteiger charge is -2.11. The quantitative estimate of drug-likeness (QED) is 0.502. The van der Waals surface area contributed by atoms with E-state index in [0.29, 0.717) is 23.3 Å². The molecule has 0 saturated heterocycles. The lowest BCUT2D eigenvalue weighted by Crippen LogP contribution is -2.40. The second-order valence-electron chi connectivity index (χ2n) is 7.56. The van der Waals surface area contributed by atoms with Gasteiger partial charge in [0.05, 0.1) is 12.6 Å². The molecular formula is C23H25N3O5. The van der Waals surface area contributed by atoms with Gasteiger partial charge in [-0.1, -0.05) is 6.07 Å². The lowest BCUT2D eigenvalue weighted by molar-refractivity contribution is 0.211. The highest BCUT2D eigenvalue weighted by atomic mass is 16.6. The largest absolute Gasteiger partial charge is 0.493 e. The van der Waals surface area contributed by atoms with Crippen LogP contribution in [0.25, 0.3) is 11.5 Å². The van der Waals surface area contributed by atoms with Crippen molar-refractivity contribution in [1.29, 1.82) is 0 Å². The van der Waals surface area contributed by atoms with E-state index in [1.54, 1.807) is 6.92 Å². The van der Waals surface area contributed by atoms with Crippen LogP contribution in [0.5, 0.6) is 23.2 Å². The summed E-state index contributed by atoms with van der Waals surface area (Å²) in [7, 11) is 0. The van der Waals surface area contributed by atoms with Gasteiger partial charge >= 0.3 is 12.0 Å². The Morgan fingerprint density at radius 2 is 1.94 bits per heavy atom. The molecule has 3 N–H and O–H groups in total. The van der Waals surface area contributed by atoms with Crippen LogP contribution in [0.3, 0.4) is 0 Å². The molecule has 31 heavy (non-hydrogen) atoms. The molecule has 162 valence electrons. The Bertz CT molecular complexity index is 1010. The molecule has 1 saturated carbocycles. The summed E-state index contributed by atoms with van der Waals surface area (Å²) >= 11 is 0. The summed E-state index contributed by atoms with van der Waals surface area (Å²) < 4.78 is 22.8. The Balaban J connectivity index is 1.32. The molecule has 1 unspecified atom stereocenters. The number of ether oxygens (including phenoxy) is 3. The smallest absolute Gasteiger partial charge is 0.312 e. The minimum Gasteiger partial charge on any atom is -0.493 e. The number of benzene rings is 2. The SMILES string of the molecule is CC(COc1cnc(-c2ccc(Oc3cccc(OCC4CC4)c3)cc2)o1)NC(N)=O. The number of carbonyl (C=O) groups excluding carboxylic acids is 1. The molecule has 3 aromatic rings. The van der Waals surface area contributed by atoms with E-state index in [2.05, 4.69) is 10.3 Å². The number of rotatable bonds is 10. The molecular weight excluding hydrogens is 398 g/mol. The van der Waals surface area contributed by atoms with Crippen LogP contribution in [-0.4, -0.2) is 30.3 Å². The number of hydrogen-bond acceptors (Lipinski definition) is 6. The van der Waals surface area contributed by atoms with Crippen LogP contribution >= 0.6 is 0 Å². The highest BCUT2D eigenvalue weighted by Crippen LogP contribution is 2.31. The Morgan fingerprint density at radius 3 is 2.68 bits per heavy atom. The zero-order valence-electron chi connectivity index (χ0n) is 17.2. The highest BCUT2D eigenvalue weighted by Gasteiger charge is 2.21. The van der Waals surface area contributed by atoms with Crippen LogP contribution < -0.4 is 25.3 Å². The molecule has 1 aliphatic rings. The average molecular weight is 423 g/mol. The number of carbonyl (C=O) groups is 1. The molecule has 0 bridgehead atoms. The predicted octanol–water partition coefficient (Wildman–Crippen LogP) is 4.36. The van der Waals surface area contributed by atoms with Crippen molar-refractivity contribution in [2.45, 2.75) is 25.8 Å². The van der Waals surface area contributed by atoms with Gasteiger partial charge in [-0.15, -0.1) is 0 Å². The molecule has 8 heteroatoms. The first-order valence-electron chi connectivity index (χ1n) is 10.2. The molecule has 1 aliphatic carbocycles. The summed E-state index contributed by atoms with van der Waals surface area (Å²) in [6.45, 7) is 2.75. The van der Waals surface area contributed by atoms with Gasteiger partial charge in [-0.05, 0) is 62.1 Å². The van der Waals surface area contributed by atoms with Gasteiger partial charge in [-0.25, -0.2) is 9.78 Å². The monoisotopic (exact) mass is 423 g/mol. The molecule has 0 radical (unpaired) electrons. The lowest BCUT2D eigenvalue weighted by atomic mass is 10.2. The second kappa shape index (κ2) is 9.42. The van der Waals surface area contributed by atoms with Crippen LogP contribution in [-0.2, 0) is 0 Å². The van der Waals surface area contributed by atoms with Crippen LogP contribution in [0.1, 0.15) is 19.8 Å². The van der Waals surface area contributed by atoms with E-state index < -0.39 is 6.03 Å². The Labute approximate surface area is 180 Å². The molecule has 1 atom stereocenters. The fourth-order valence-corrected chi connectivity index (χ4v) is 2.88. The third-order valence-electron chi connectivity index (χ3n) is 4.67. The molecule has 4 rings (SSSR count). The molecule has 1 heterocycles. The topological polar surface area (TPSA) is 109 Å². The van der Waals surface area contributed by atoms with Gasteiger partial charge in [0.2, 0.25) is 5.89 Å². The van der Waals surface area contributed by atoms with Gasteiger partial charge in [-0.3, -0.25) is 0 Å². The zero-order chi connectivity index (χ0) is 21.6. The van der Waals surface area contributed by atoms with E-state index in [4.69, 9.17) is 24.4 Å². The van der Waals surface area contributed by atoms with E-state index in [0.717, 1.165) is 17.9 Å². The summed E-state index contributed by atoms with van der Waals surface area (Å²) in [4.78, 5) is 15.1. The van der Waals surface area contributed by atoms with E-state index in [9.17, 15) is 4.79 Å². The van der Waals surface area contributed by atoms with Crippen molar-refractivity contribution in [2.24, 2.45) is 11.7 Å². The summed E-state index contributed by atoms with van der Waals surface area (Å²) in [5.74, 6) is 3.61. The van der Waals surface area contributed by atoms with Gasteiger partial charge < -0.3 is 29.7 Å². The van der Waals surface area contributed by atoms with Gasteiger partial charge in [0.1, 0.15) is 30.1 Å². The fraction of sp³-hybridized carbons (Fsp3) is 0.304. The molecule has 8 nitrogen and oxygen atoms in total. The number of amides is 2. The Kier molecular flexibility index (Phi) is 6.26. The maximum absolute atomic E-state index is 10.8. The molecule has 2 aromatic carbocycles. The maximum Gasteiger partial charge on any atom is 0.312 e. The van der Waals surface area contributed by atoms with Crippen LogP contribution in [0.2, 0.25) is 0 Å². The highest BCUT2D eigenvalue weighted by molar-refractivity contribution is 5.71. The van der Waals surface area contributed by atoms with Crippen molar-refractivity contribution in [1.82, 2.24) is 10.3 Å². The van der Waals surface area contributed by atoms with Gasteiger partial charge in [-0.2, -0.15) is 0 Å². The number of nitrogens with one attached hydrogen (secondary N) is 1. The van der Waals surface area contributed by atoms with E-state index in [-0.39, 0.29) is 18.6 Å². The molecule has 0 aliphatic heterocycles. The van der Waals surface area contributed by atoms with Crippen molar-refractivity contribution < 1.29 is 23.4 Å². The summed E-state index contributed by atoms with van der Waals surface area (Å²) in [6.07, 6.45) is 4.00. The summed E-state index contributed by atoms with van der Waals surface area (Å²) in [5, 5.41) is 2.53. The number of aromatic nitrogens is 1. The number of oxazole rings is 1. The maximum atomic E-state index is 10.8. The molecule has 1 fully saturated rings. The fourth-order valence-electron chi connectivity index (χ4n) is 2.88. The number of nitrogens with two attached hydrogens (primary N) is 1. The van der Waals surface area contributed by atoms with Crippen molar-refractivity contribution in [2.75, 3.05) is 13.2 Å². The van der Waals surface area contributed by atoms with Crippen molar-refractivity contribution in [3.05, 3.63) is 54.7 Å². The predicted molar refractivity (Wildman–Crippen MR) is 114 cm³/mol. The molecule has 2 amide bonds. The van der Waals surface area contributed by atoms with Crippen LogP contribution in [0.4, 0.5) is 4.79 Å². The molecule has 0 spiro atoms. The van der Waals surface area contributed by atoms with Crippen LogP contribution in [0, 0.1) is 5.92 Å². The number of primary amides is 1. The van der Waals surface area contributed by atoms with Crippen molar-refractivity contribution in [3.8, 4) is 34.6 Å². The summed E-state index contributed by atoms with van der Waals surface area (Å²) in [5.41, 5.74) is 5.86. The minimum absolute atomic E-state index is 0.216. The third kappa shape index (κ3) is 6.15. The van der Waals surface area contributed by atoms with Crippen molar-refractivity contribution in [3.63, 3.8) is 0 Å². The van der Waals surface area contributed by atoms with Gasteiger partial charge in [0.25, 0.3) is 0 Å². The van der Waals surface area contributed by atoms with Gasteiger partial charge in [0, 0.05) is 11.6 Å². The second-order valence-corrected chi connectivity index (χ2v) is 7.56. The number of nitrogens with zero attached hydrogens (tertiary/aromatic N) is 1. The van der Waals surface area contributed by atoms with E-state index >= 15 is 0 Å². The van der Waals surface area contributed by atoms with E-state index in [1.165, 1.54) is 19.0 Å². The Hall–Kier alpha value is -3.68. The first-order chi connectivity index (χ1) is 15.0. The van der Waals surface area contributed by atoms with Crippen LogP contribution in [0.15, 0.2) is 59.1 Å². The van der Waals surface area contributed by atoms with Crippen molar-refractivity contribution >= 4 is 6.03 Å². The minimum atomic E-state index is -0.603. The average Bonchev–Trinajstić information content (AvgIpc) is 3.47.